The molecule has 2 aromatic rings. The van der Waals surface area contributed by atoms with E-state index >= 15 is 0 Å². The van der Waals surface area contributed by atoms with E-state index in [2.05, 4.69) is 4.98 Å². The van der Waals surface area contributed by atoms with Gasteiger partial charge in [-0.2, -0.15) is 0 Å². The fraction of sp³-hybridized carbons (Fsp3) is 0.550. The molecule has 1 saturated heterocycles. The largest absolute Gasteiger partial charge is 0.376 e. The highest BCUT2D eigenvalue weighted by Crippen LogP contribution is 2.31. The Morgan fingerprint density at radius 3 is 3.04 bits per heavy atom. The van der Waals surface area contributed by atoms with Crippen molar-refractivity contribution < 1.29 is 9.53 Å². The Morgan fingerprint density at radius 2 is 2.27 bits per heavy atom. The molecule has 0 spiro atoms. The molecule has 6 heteroatoms. The van der Waals surface area contributed by atoms with E-state index in [1.165, 1.54) is 24.2 Å². The standard InChI is InChI=1S/C20H25N3O2S/c1-14-21-10-17(13-25-12-15-6-7-15)19(22-14)16-4-2-8-23(11-16)20(24)18-5-3-9-26-18/h3,5,9-10,15-16H,2,4,6-8,11-13H2,1H3. The van der Waals surface area contributed by atoms with Gasteiger partial charge in [-0.25, -0.2) is 9.97 Å². The molecule has 0 bridgehead atoms. The zero-order valence-electron chi connectivity index (χ0n) is 15.2. The van der Waals surface area contributed by atoms with E-state index in [0.29, 0.717) is 6.61 Å². The molecule has 2 fully saturated rings. The van der Waals surface area contributed by atoms with Gasteiger partial charge in [-0.1, -0.05) is 6.07 Å². The number of aromatic nitrogens is 2. The lowest BCUT2D eigenvalue weighted by Gasteiger charge is -2.33. The summed E-state index contributed by atoms with van der Waals surface area (Å²) in [5.41, 5.74) is 2.14. The number of carbonyl (C=O) groups excluding carboxylic acids is 1. The predicted octanol–water partition coefficient (Wildman–Crippen LogP) is 3.79. The number of nitrogens with zero attached hydrogens (tertiary/aromatic N) is 3. The number of amides is 1. The highest BCUT2D eigenvalue weighted by Gasteiger charge is 2.29. The monoisotopic (exact) mass is 371 g/mol. The zero-order chi connectivity index (χ0) is 17.9. The highest BCUT2D eigenvalue weighted by atomic mass is 32.1. The van der Waals surface area contributed by atoms with Crippen molar-refractivity contribution in [3.63, 3.8) is 0 Å². The van der Waals surface area contributed by atoms with Crippen molar-refractivity contribution in [1.82, 2.24) is 14.9 Å². The van der Waals surface area contributed by atoms with Crippen molar-refractivity contribution in [3.05, 3.63) is 45.7 Å². The number of thiophene rings is 1. The minimum Gasteiger partial charge on any atom is -0.376 e. The lowest BCUT2D eigenvalue weighted by atomic mass is 9.92. The first kappa shape index (κ1) is 17.6. The van der Waals surface area contributed by atoms with Gasteiger partial charge in [0.05, 0.1) is 17.2 Å². The number of rotatable bonds is 6. The molecule has 5 nitrogen and oxygen atoms in total. The van der Waals surface area contributed by atoms with Crippen LogP contribution >= 0.6 is 11.3 Å². The van der Waals surface area contributed by atoms with Gasteiger partial charge in [-0.05, 0) is 50.0 Å². The summed E-state index contributed by atoms with van der Waals surface area (Å²) in [6.07, 6.45) is 6.55. The van der Waals surface area contributed by atoms with E-state index in [1.54, 1.807) is 0 Å². The maximum atomic E-state index is 12.7. The smallest absolute Gasteiger partial charge is 0.263 e. The van der Waals surface area contributed by atoms with Crippen molar-refractivity contribution in [3.8, 4) is 0 Å². The number of likely N-dealkylation sites (tertiary alicyclic amines) is 1. The highest BCUT2D eigenvalue weighted by molar-refractivity contribution is 7.12. The maximum absolute atomic E-state index is 12.7. The van der Waals surface area contributed by atoms with Gasteiger partial charge in [0.1, 0.15) is 5.82 Å². The molecule has 1 aliphatic carbocycles. The summed E-state index contributed by atoms with van der Waals surface area (Å²) in [4.78, 5) is 24.6. The van der Waals surface area contributed by atoms with Gasteiger partial charge in [-0.15, -0.1) is 11.3 Å². The topological polar surface area (TPSA) is 55.3 Å². The number of ether oxygens (including phenoxy) is 1. The molecule has 0 aromatic carbocycles. The number of hydrogen-bond acceptors (Lipinski definition) is 5. The first-order chi connectivity index (χ1) is 12.7. The van der Waals surface area contributed by atoms with Crippen molar-refractivity contribution in [2.24, 2.45) is 5.92 Å². The van der Waals surface area contributed by atoms with Gasteiger partial charge in [0.25, 0.3) is 5.91 Å². The van der Waals surface area contributed by atoms with Gasteiger partial charge < -0.3 is 9.64 Å². The Morgan fingerprint density at radius 1 is 1.38 bits per heavy atom. The van der Waals surface area contributed by atoms with E-state index in [4.69, 9.17) is 9.72 Å². The summed E-state index contributed by atoms with van der Waals surface area (Å²) in [7, 11) is 0. The minimum absolute atomic E-state index is 0.141. The molecule has 0 N–H and O–H groups in total. The number of aryl methyl sites for hydroxylation is 1. The zero-order valence-corrected chi connectivity index (χ0v) is 16.0. The fourth-order valence-electron chi connectivity index (χ4n) is 3.54. The number of carbonyl (C=O) groups is 1. The summed E-state index contributed by atoms with van der Waals surface area (Å²) >= 11 is 1.51. The summed E-state index contributed by atoms with van der Waals surface area (Å²) in [6, 6.07) is 3.84. The van der Waals surface area contributed by atoms with Crippen LogP contribution in [0.15, 0.2) is 23.7 Å². The second-order valence-electron chi connectivity index (χ2n) is 7.35. The van der Waals surface area contributed by atoms with Crippen LogP contribution in [0.4, 0.5) is 0 Å². The molecule has 26 heavy (non-hydrogen) atoms. The van der Waals surface area contributed by atoms with E-state index in [0.717, 1.165) is 60.4 Å². The third-order valence-electron chi connectivity index (χ3n) is 5.15. The second-order valence-corrected chi connectivity index (χ2v) is 8.30. The van der Waals surface area contributed by atoms with Crippen LogP contribution in [0.25, 0.3) is 0 Å². The van der Waals surface area contributed by atoms with Crippen LogP contribution in [-0.2, 0) is 11.3 Å². The first-order valence-corrected chi connectivity index (χ1v) is 10.3. The molecule has 1 amide bonds. The third kappa shape index (κ3) is 4.13. The van der Waals surface area contributed by atoms with Crippen LogP contribution in [0.1, 0.15) is 58.4 Å². The molecular weight excluding hydrogens is 346 g/mol. The van der Waals surface area contributed by atoms with Gasteiger partial charge in [0.2, 0.25) is 0 Å². The molecule has 1 unspecified atom stereocenters. The Kier molecular flexibility index (Phi) is 5.31. The summed E-state index contributed by atoms with van der Waals surface area (Å²) < 4.78 is 5.89. The van der Waals surface area contributed by atoms with E-state index in [1.807, 2.05) is 35.5 Å². The first-order valence-electron chi connectivity index (χ1n) is 9.43. The molecule has 1 atom stereocenters. The molecular formula is C20H25N3O2S. The molecule has 1 aliphatic heterocycles. The van der Waals surface area contributed by atoms with Crippen molar-refractivity contribution in [2.75, 3.05) is 19.7 Å². The molecule has 138 valence electrons. The molecule has 2 aliphatic rings. The van der Waals surface area contributed by atoms with Crippen LogP contribution in [0.2, 0.25) is 0 Å². The third-order valence-corrected chi connectivity index (χ3v) is 6.01. The normalized spacial score (nSPS) is 20.3. The Bertz CT molecular complexity index is 758. The average Bonchev–Trinajstić information content (AvgIpc) is 3.32. The molecule has 0 radical (unpaired) electrons. The molecule has 2 aromatic heterocycles. The summed E-state index contributed by atoms with van der Waals surface area (Å²) in [5, 5.41) is 1.96. The van der Waals surface area contributed by atoms with Crippen LogP contribution in [0, 0.1) is 12.8 Å². The fourth-order valence-corrected chi connectivity index (χ4v) is 4.23. The van der Waals surface area contributed by atoms with Crippen molar-refractivity contribution in [1.29, 1.82) is 0 Å². The van der Waals surface area contributed by atoms with Crippen molar-refractivity contribution >= 4 is 17.2 Å². The Labute approximate surface area is 158 Å². The SMILES string of the molecule is Cc1ncc(COCC2CC2)c(C2CCCN(C(=O)c3cccs3)C2)n1. The molecule has 3 heterocycles. The van der Waals surface area contributed by atoms with E-state index < -0.39 is 0 Å². The van der Waals surface area contributed by atoms with Gasteiger partial charge in [0, 0.05) is 37.4 Å². The Hall–Kier alpha value is -1.79. The van der Waals surface area contributed by atoms with Crippen molar-refractivity contribution in [2.45, 2.75) is 45.1 Å². The van der Waals surface area contributed by atoms with Gasteiger partial charge in [-0.3, -0.25) is 4.79 Å². The summed E-state index contributed by atoms with van der Waals surface area (Å²) in [5.74, 6) is 1.93. The van der Waals surface area contributed by atoms with Crippen LogP contribution in [-0.4, -0.2) is 40.5 Å². The van der Waals surface area contributed by atoms with Gasteiger partial charge in [0.15, 0.2) is 0 Å². The van der Waals surface area contributed by atoms with E-state index in [-0.39, 0.29) is 11.8 Å². The lowest BCUT2D eigenvalue weighted by molar-refractivity contribution is 0.0708. The predicted molar refractivity (Wildman–Crippen MR) is 101 cm³/mol. The molecule has 4 rings (SSSR count). The van der Waals surface area contributed by atoms with Crippen LogP contribution in [0.3, 0.4) is 0 Å². The second kappa shape index (κ2) is 7.84. The summed E-state index contributed by atoms with van der Waals surface area (Å²) in [6.45, 7) is 4.88. The number of piperidine rings is 1. The number of hydrogen-bond donors (Lipinski definition) is 0. The van der Waals surface area contributed by atoms with Crippen LogP contribution < -0.4 is 0 Å². The Balaban J connectivity index is 1.48. The quantitative estimate of drug-likeness (QED) is 0.775. The average molecular weight is 372 g/mol. The maximum Gasteiger partial charge on any atom is 0.263 e. The van der Waals surface area contributed by atoms with E-state index in [9.17, 15) is 4.79 Å². The van der Waals surface area contributed by atoms with Crippen LogP contribution in [0.5, 0.6) is 0 Å². The molecule has 1 saturated carbocycles. The van der Waals surface area contributed by atoms with Gasteiger partial charge >= 0.3 is 0 Å². The lowest BCUT2D eigenvalue weighted by Crippen LogP contribution is -2.39. The minimum atomic E-state index is 0.141.